The minimum absolute atomic E-state index is 0.00874. The second-order valence-corrected chi connectivity index (χ2v) is 8.02. The fourth-order valence-electron chi connectivity index (χ4n) is 4.04. The van der Waals surface area contributed by atoms with Crippen LogP contribution < -0.4 is 16.6 Å². The molecule has 1 aliphatic rings. The van der Waals surface area contributed by atoms with Crippen LogP contribution in [0.15, 0.2) is 47.9 Å². The van der Waals surface area contributed by atoms with Crippen LogP contribution in [0.5, 0.6) is 0 Å². The number of aromatic nitrogens is 3. The van der Waals surface area contributed by atoms with E-state index in [4.69, 9.17) is 10.5 Å². The quantitative estimate of drug-likeness (QED) is 0.434. The van der Waals surface area contributed by atoms with Gasteiger partial charge in [-0.25, -0.2) is 9.97 Å². The summed E-state index contributed by atoms with van der Waals surface area (Å²) in [5.74, 6) is 0.804. The minimum Gasteiger partial charge on any atom is -0.399 e. The maximum atomic E-state index is 13.3. The molecule has 0 spiro atoms. The summed E-state index contributed by atoms with van der Waals surface area (Å²) in [6.07, 6.45) is 0.0655. The average Bonchev–Trinajstić information content (AvgIpc) is 2.76. The molecule has 1 saturated heterocycles. The third-order valence-corrected chi connectivity index (χ3v) is 5.65. The highest BCUT2D eigenvalue weighted by molar-refractivity contribution is 5.88. The molecule has 2 aromatic heterocycles. The molecule has 174 valence electrons. The lowest BCUT2D eigenvalue weighted by Gasteiger charge is -2.25. The number of halogens is 3. The zero-order chi connectivity index (χ0) is 23.8. The third kappa shape index (κ3) is 4.85. The van der Waals surface area contributed by atoms with Crippen molar-refractivity contribution in [2.24, 2.45) is 0 Å². The molecule has 1 atom stereocenters. The van der Waals surface area contributed by atoms with Crippen molar-refractivity contribution in [1.82, 2.24) is 14.5 Å². The van der Waals surface area contributed by atoms with E-state index in [9.17, 15) is 18.0 Å². The van der Waals surface area contributed by atoms with Gasteiger partial charge in [0.15, 0.2) is 0 Å². The molecule has 3 N–H and O–H groups in total. The smallest absolute Gasteiger partial charge is 0.399 e. The second kappa shape index (κ2) is 8.86. The molecule has 7 nitrogen and oxygen atoms in total. The SMILES string of the molecule is C=CC(Nc1nc(C)nc2cc(=O)n(C3CCOCC3)cc12)c1cc(N)cc(C(F)(F)F)c1. The monoisotopic (exact) mass is 459 g/mol. The van der Waals surface area contributed by atoms with Crippen molar-refractivity contribution in [2.45, 2.75) is 38.0 Å². The fourth-order valence-corrected chi connectivity index (χ4v) is 4.04. The van der Waals surface area contributed by atoms with Crippen LogP contribution in [0.1, 0.15) is 41.9 Å². The van der Waals surface area contributed by atoms with Gasteiger partial charge in [-0.3, -0.25) is 4.79 Å². The van der Waals surface area contributed by atoms with Crippen molar-refractivity contribution < 1.29 is 17.9 Å². The predicted octanol–water partition coefficient (Wildman–Crippen LogP) is 4.39. The predicted molar refractivity (Wildman–Crippen MR) is 120 cm³/mol. The number of nitrogens with zero attached hydrogens (tertiary/aromatic N) is 3. The average molecular weight is 459 g/mol. The molecule has 0 radical (unpaired) electrons. The van der Waals surface area contributed by atoms with Crippen molar-refractivity contribution in [2.75, 3.05) is 24.3 Å². The summed E-state index contributed by atoms with van der Waals surface area (Å²) in [6, 6.07) is 4.11. The molecule has 3 aromatic rings. The van der Waals surface area contributed by atoms with E-state index in [-0.39, 0.29) is 17.3 Å². The Morgan fingerprint density at radius 2 is 1.97 bits per heavy atom. The summed E-state index contributed by atoms with van der Waals surface area (Å²) < 4.78 is 46.9. The van der Waals surface area contributed by atoms with Crippen LogP contribution in [-0.4, -0.2) is 27.7 Å². The molecule has 1 aromatic carbocycles. The van der Waals surface area contributed by atoms with Gasteiger partial charge in [-0.1, -0.05) is 6.08 Å². The van der Waals surface area contributed by atoms with E-state index in [0.717, 1.165) is 12.1 Å². The summed E-state index contributed by atoms with van der Waals surface area (Å²) in [5, 5.41) is 3.73. The summed E-state index contributed by atoms with van der Waals surface area (Å²) in [4.78, 5) is 21.6. The van der Waals surface area contributed by atoms with Gasteiger partial charge in [0.1, 0.15) is 11.6 Å². The van der Waals surface area contributed by atoms with E-state index in [1.165, 1.54) is 18.2 Å². The first-order chi connectivity index (χ1) is 15.7. The van der Waals surface area contributed by atoms with E-state index in [0.29, 0.717) is 54.2 Å². The molecule has 0 amide bonds. The molecule has 1 fully saturated rings. The number of pyridine rings is 1. The Bertz CT molecular complexity index is 1250. The molecule has 33 heavy (non-hydrogen) atoms. The Kier molecular flexibility index (Phi) is 6.11. The van der Waals surface area contributed by atoms with Gasteiger partial charge >= 0.3 is 6.18 Å². The van der Waals surface area contributed by atoms with Crippen LogP contribution in [0.25, 0.3) is 10.9 Å². The van der Waals surface area contributed by atoms with E-state index in [2.05, 4.69) is 21.9 Å². The standard InChI is InChI=1S/C23H24F3N5O2/c1-3-19(14-8-15(23(24,25)26)10-16(27)9-14)30-22-18-12-31(17-4-6-33-7-5-17)21(32)11-20(18)28-13(2)29-22/h3,8-12,17,19H,1,4-7,27H2,2H3,(H,28,29,30). The van der Waals surface area contributed by atoms with Crippen molar-refractivity contribution >= 4 is 22.4 Å². The lowest BCUT2D eigenvalue weighted by molar-refractivity contribution is -0.137. The Balaban J connectivity index is 1.78. The van der Waals surface area contributed by atoms with Crippen molar-refractivity contribution in [3.05, 3.63) is 70.4 Å². The van der Waals surface area contributed by atoms with Gasteiger partial charge in [-0.05, 0) is 43.5 Å². The minimum atomic E-state index is -4.53. The number of nitrogens with two attached hydrogens (primary N) is 1. The number of fused-ring (bicyclic) bond motifs is 1. The number of nitrogen functional groups attached to an aromatic ring is 1. The molecule has 0 saturated carbocycles. The topological polar surface area (TPSA) is 95.1 Å². The molecule has 0 aliphatic carbocycles. The highest BCUT2D eigenvalue weighted by Crippen LogP contribution is 2.34. The van der Waals surface area contributed by atoms with Crippen LogP contribution in [0.2, 0.25) is 0 Å². The van der Waals surface area contributed by atoms with E-state index >= 15 is 0 Å². The Morgan fingerprint density at radius 3 is 2.64 bits per heavy atom. The maximum absolute atomic E-state index is 13.3. The molecule has 0 bridgehead atoms. The highest BCUT2D eigenvalue weighted by atomic mass is 19.4. The molecular formula is C23H24F3N5O2. The lowest BCUT2D eigenvalue weighted by atomic mass is 10.0. The zero-order valence-electron chi connectivity index (χ0n) is 18.0. The zero-order valence-corrected chi connectivity index (χ0v) is 18.0. The van der Waals surface area contributed by atoms with Crippen molar-refractivity contribution in [1.29, 1.82) is 0 Å². The third-order valence-electron chi connectivity index (χ3n) is 5.65. The van der Waals surface area contributed by atoms with Gasteiger partial charge in [-0.2, -0.15) is 13.2 Å². The summed E-state index contributed by atoms with van der Waals surface area (Å²) >= 11 is 0. The van der Waals surface area contributed by atoms with Gasteiger partial charge in [0, 0.05) is 37.2 Å². The normalized spacial score (nSPS) is 16.0. The number of alkyl halides is 3. The van der Waals surface area contributed by atoms with Crippen molar-refractivity contribution in [3.63, 3.8) is 0 Å². The van der Waals surface area contributed by atoms with Gasteiger partial charge in [0.25, 0.3) is 5.56 Å². The summed E-state index contributed by atoms with van der Waals surface area (Å²) in [7, 11) is 0. The van der Waals surface area contributed by atoms with Gasteiger partial charge in [0.05, 0.1) is 22.5 Å². The summed E-state index contributed by atoms with van der Waals surface area (Å²) in [5.41, 5.74) is 5.45. The van der Waals surface area contributed by atoms with Crippen LogP contribution in [0.3, 0.4) is 0 Å². The molecule has 3 heterocycles. The van der Waals surface area contributed by atoms with E-state index in [1.807, 2.05) is 0 Å². The van der Waals surface area contributed by atoms with Gasteiger partial charge < -0.3 is 20.4 Å². The Labute approximate surface area is 188 Å². The van der Waals surface area contributed by atoms with Crippen LogP contribution in [0, 0.1) is 6.92 Å². The van der Waals surface area contributed by atoms with Gasteiger partial charge in [0.2, 0.25) is 0 Å². The number of hydrogen-bond donors (Lipinski definition) is 2. The first-order valence-electron chi connectivity index (χ1n) is 10.5. The first kappa shape index (κ1) is 22.8. The summed E-state index contributed by atoms with van der Waals surface area (Å²) in [6.45, 7) is 6.59. The molecule has 1 aliphatic heterocycles. The Morgan fingerprint density at radius 1 is 1.24 bits per heavy atom. The fraction of sp³-hybridized carbons (Fsp3) is 0.348. The van der Waals surface area contributed by atoms with Crippen molar-refractivity contribution in [3.8, 4) is 0 Å². The lowest BCUT2D eigenvalue weighted by Crippen LogP contribution is -2.28. The van der Waals surface area contributed by atoms with Crippen LogP contribution in [-0.2, 0) is 10.9 Å². The number of nitrogens with one attached hydrogen (secondary N) is 1. The largest absolute Gasteiger partial charge is 0.416 e. The number of ether oxygens (including phenoxy) is 1. The number of benzene rings is 1. The Hall–Kier alpha value is -3.40. The van der Waals surface area contributed by atoms with E-state index in [1.54, 1.807) is 17.7 Å². The van der Waals surface area contributed by atoms with Crippen LogP contribution >= 0.6 is 0 Å². The molecule has 1 unspecified atom stereocenters. The van der Waals surface area contributed by atoms with Crippen LogP contribution in [0.4, 0.5) is 24.7 Å². The number of aryl methyl sites for hydroxylation is 1. The van der Waals surface area contributed by atoms with Gasteiger partial charge in [-0.15, -0.1) is 6.58 Å². The number of hydrogen-bond acceptors (Lipinski definition) is 6. The molecular weight excluding hydrogens is 435 g/mol. The van der Waals surface area contributed by atoms with E-state index < -0.39 is 17.8 Å². The molecule has 10 heteroatoms. The number of anilines is 2. The second-order valence-electron chi connectivity index (χ2n) is 8.02. The first-order valence-corrected chi connectivity index (χ1v) is 10.5. The highest BCUT2D eigenvalue weighted by Gasteiger charge is 2.31. The molecule has 4 rings (SSSR count). The maximum Gasteiger partial charge on any atom is 0.416 e. The number of rotatable bonds is 5.